The number of methoxy groups -OCH3 is 1. The minimum absolute atomic E-state index is 0.0994. The van der Waals surface area contributed by atoms with Crippen LogP contribution in [0.3, 0.4) is 0 Å². The summed E-state index contributed by atoms with van der Waals surface area (Å²) in [5.41, 5.74) is 4.89. The van der Waals surface area contributed by atoms with Gasteiger partial charge in [-0.2, -0.15) is 0 Å². The molecular weight excluding hydrogens is 238 g/mol. The zero-order valence-electron chi connectivity index (χ0n) is 10.6. The van der Waals surface area contributed by atoms with Crippen LogP contribution in [-0.2, 0) is 14.3 Å². The number of rotatable bonds is 3. The van der Waals surface area contributed by atoms with Crippen molar-refractivity contribution in [2.75, 3.05) is 20.2 Å². The number of nitrogens with zero attached hydrogens (tertiary/aromatic N) is 1. The average molecular weight is 257 g/mol. The van der Waals surface area contributed by atoms with Crippen LogP contribution in [0.5, 0.6) is 0 Å². The van der Waals surface area contributed by atoms with Gasteiger partial charge in [0.1, 0.15) is 0 Å². The van der Waals surface area contributed by atoms with Gasteiger partial charge in [-0.15, -0.1) is 0 Å². The maximum absolute atomic E-state index is 11.6. The van der Waals surface area contributed by atoms with E-state index in [0.717, 1.165) is 0 Å². The zero-order valence-corrected chi connectivity index (χ0v) is 10.6. The van der Waals surface area contributed by atoms with E-state index in [-0.39, 0.29) is 11.9 Å². The number of likely N-dealkylation sites (tertiary alicyclic amines) is 1. The Kier molecular flexibility index (Phi) is 5.08. The topological polar surface area (TPSA) is 102 Å². The van der Waals surface area contributed by atoms with Gasteiger partial charge >= 0.3 is 12.0 Å². The third-order valence-corrected chi connectivity index (χ3v) is 3.24. The summed E-state index contributed by atoms with van der Waals surface area (Å²) in [4.78, 5) is 35.4. The molecule has 1 rings (SSSR count). The summed E-state index contributed by atoms with van der Waals surface area (Å²) in [7, 11) is 1.37. The summed E-state index contributed by atoms with van der Waals surface area (Å²) in [5, 5.41) is 2.05. The molecule has 3 amide bonds. The first-order valence-corrected chi connectivity index (χ1v) is 5.88. The third kappa shape index (κ3) is 3.69. The number of hydrogen-bond donors (Lipinski definition) is 2. The molecule has 102 valence electrons. The Hall–Kier alpha value is -1.63. The Morgan fingerprint density at radius 1 is 1.33 bits per heavy atom. The maximum atomic E-state index is 11.6. The van der Waals surface area contributed by atoms with Crippen LogP contribution in [-0.4, -0.2) is 49.0 Å². The van der Waals surface area contributed by atoms with Gasteiger partial charge in [0.15, 0.2) is 0 Å². The fourth-order valence-corrected chi connectivity index (χ4v) is 2.08. The molecule has 0 saturated carbocycles. The molecule has 7 heteroatoms. The van der Waals surface area contributed by atoms with Gasteiger partial charge in [0.2, 0.25) is 5.91 Å². The van der Waals surface area contributed by atoms with Crippen molar-refractivity contribution in [2.24, 2.45) is 11.7 Å². The third-order valence-electron chi connectivity index (χ3n) is 3.24. The summed E-state index contributed by atoms with van der Waals surface area (Å²) in [5.74, 6) is -0.722. The molecule has 7 nitrogen and oxygen atoms in total. The van der Waals surface area contributed by atoms with Crippen molar-refractivity contribution in [3.63, 3.8) is 0 Å². The number of esters is 1. The Morgan fingerprint density at radius 3 is 2.33 bits per heavy atom. The Labute approximate surface area is 106 Å². The Morgan fingerprint density at radius 2 is 1.89 bits per heavy atom. The fourth-order valence-electron chi connectivity index (χ4n) is 2.08. The van der Waals surface area contributed by atoms with E-state index in [1.165, 1.54) is 7.11 Å². The molecule has 3 N–H and O–H groups in total. The number of primary amides is 1. The SMILES string of the molecule is COC(=O)C1CCN(C(C)C(=O)NC(N)=O)CC1. The minimum Gasteiger partial charge on any atom is -0.469 e. The summed E-state index contributed by atoms with van der Waals surface area (Å²) in [6.45, 7) is 2.94. The molecule has 0 aromatic heterocycles. The molecule has 1 atom stereocenters. The zero-order chi connectivity index (χ0) is 13.7. The molecule has 0 aliphatic carbocycles. The second-order valence-electron chi connectivity index (χ2n) is 4.36. The first kappa shape index (κ1) is 14.4. The number of nitrogens with one attached hydrogen (secondary N) is 1. The lowest BCUT2D eigenvalue weighted by Crippen LogP contribution is -2.51. The summed E-state index contributed by atoms with van der Waals surface area (Å²) >= 11 is 0. The molecule has 1 aliphatic heterocycles. The highest BCUT2D eigenvalue weighted by Gasteiger charge is 2.30. The van der Waals surface area contributed by atoms with E-state index in [9.17, 15) is 14.4 Å². The van der Waals surface area contributed by atoms with Crippen molar-refractivity contribution >= 4 is 17.9 Å². The minimum atomic E-state index is -0.851. The van der Waals surface area contributed by atoms with Gasteiger partial charge in [0.25, 0.3) is 0 Å². The van der Waals surface area contributed by atoms with E-state index in [2.05, 4.69) is 10.1 Å². The van der Waals surface area contributed by atoms with Crippen LogP contribution in [0.4, 0.5) is 4.79 Å². The molecule has 0 aromatic carbocycles. The smallest absolute Gasteiger partial charge is 0.318 e. The highest BCUT2D eigenvalue weighted by molar-refractivity contribution is 5.96. The van der Waals surface area contributed by atoms with Crippen molar-refractivity contribution in [1.29, 1.82) is 0 Å². The molecule has 0 aromatic rings. The van der Waals surface area contributed by atoms with Crippen molar-refractivity contribution in [2.45, 2.75) is 25.8 Å². The quantitative estimate of drug-likeness (QED) is 0.661. The van der Waals surface area contributed by atoms with Gasteiger partial charge < -0.3 is 10.5 Å². The summed E-state index contributed by atoms with van der Waals surface area (Å²) in [6.07, 6.45) is 1.31. The first-order chi connectivity index (χ1) is 8.45. The predicted molar refractivity (Wildman–Crippen MR) is 63.5 cm³/mol. The van der Waals surface area contributed by atoms with Crippen LogP contribution >= 0.6 is 0 Å². The standard InChI is InChI=1S/C11H19N3O4/c1-7(9(15)13-11(12)17)14-5-3-8(4-6-14)10(16)18-2/h7-8H,3-6H2,1-2H3,(H3,12,13,15,17). The average Bonchev–Trinajstić information content (AvgIpc) is 2.36. The van der Waals surface area contributed by atoms with E-state index in [4.69, 9.17) is 5.73 Å². The number of nitrogens with two attached hydrogens (primary N) is 1. The number of hydrogen-bond acceptors (Lipinski definition) is 5. The second kappa shape index (κ2) is 6.34. The Balaban J connectivity index is 2.45. The normalized spacial score (nSPS) is 19.0. The number of amides is 3. The van der Waals surface area contributed by atoms with Crippen LogP contribution in [0.15, 0.2) is 0 Å². The largest absolute Gasteiger partial charge is 0.469 e. The van der Waals surface area contributed by atoms with Gasteiger partial charge in [-0.05, 0) is 32.9 Å². The molecular formula is C11H19N3O4. The van der Waals surface area contributed by atoms with Crippen molar-refractivity contribution in [1.82, 2.24) is 10.2 Å². The van der Waals surface area contributed by atoms with Crippen molar-refractivity contribution in [3.05, 3.63) is 0 Å². The van der Waals surface area contributed by atoms with E-state index in [0.29, 0.717) is 25.9 Å². The van der Waals surface area contributed by atoms with Gasteiger partial charge in [-0.3, -0.25) is 19.8 Å². The molecule has 1 unspecified atom stereocenters. The van der Waals surface area contributed by atoms with Gasteiger partial charge in [0, 0.05) is 0 Å². The van der Waals surface area contributed by atoms with Gasteiger partial charge in [0.05, 0.1) is 19.1 Å². The molecule has 1 fully saturated rings. The first-order valence-electron chi connectivity index (χ1n) is 5.88. The van der Waals surface area contributed by atoms with Crippen LogP contribution < -0.4 is 11.1 Å². The number of urea groups is 1. The van der Waals surface area contributed by atoms with Crippen molar-refractivity contribution in [3.8, 4) is 0 Å². The highest BCUT2D eigenvalue weighted by atomic mass is 16.5. The molecule has 1 heterocycles. The number of carbonyl (C=O) groups is 3. The lowest BCUT2D eigenvalue weighted by Gasteiger charge is -2.33. The van der Waals surface area contributed by atoms with Gasteiger partial charge in [-0.1, -0.05) is 0 Å². The van der Waals surface area contributed by atoms with E-state index in [1.807, 2.05) is 4.90 Å². The van der Waals surface area contributed by atoms with Crippen LogP contribution in [0.2, 0.25) is 0 Å². The number of piperidine rings is 1. The Bertz CT molecular complexity index is 337. The number of carbonyl (C=O) groups excluding carboxylic acids is 3. The van der Waals surface area contributed by atoms with Crippen LogP contribution in [0, 0.1) is 5.92 Å². The van der Waals surface area contributed by atoms with Crippen molar-refractivity contribution < 1.29 is 19.1 Å². The molecule has 0 spiro atoms. The summed E-state index contributed by atoms with van der Waals surface area (Å²) < 4.78 is 4.69. The van der Waals surface area contributed by atoms with Crippen LogP contribution in [0.1, 0.15) is 19.8 Å². The second-order valence-corrected chi connectivity index (χ2v) is 4.36. The molecule has 0 radical (unpaired) electrons. The lowest BCUT2D eigenvalue weighted by molar-refractivity contribution is -0.147. The number of imide groups is 1. The maximum Gasteiger partial charge on any atom is 0.318 e. The highest BCUT2D eigenvalue weighted by Crippen LogP contribution is 2.20. The fraction of sp³-hybridized carbons (Fsp3) is 0.727. The lowest BCUT2D eigenvalue weighted by atomic mass is 9.96. The number of ether oxygens (including phenoxy) is 1. The predicted octanol–water partition coefficient (Wildman–Crippen LogP) is -0.545. The molecule has 1 aliphatic rings. The monoisotopic (exact) mass is 257 g/mol. The summed E-state index contributed by atoms with van der Waals surface area (Å²) in [6, 6.07) is -1.28. The molecule has 0 bridgehead atoms. The van der Waals surface area contributed by atoms with E-state index >= 15 is 0 Å². The molecule has 1 saturated heterocycles. The van der Waals surface area contributed by atoms with Crippen LogP contribution in [0.25, 0.3) is 0 Å². The van der Waals surface area contributed by atoms with E-state index in [1.54, 1.807) is 6.92 Å². The van der Waals surface area contributed by atoms with Gasteiger partial charge in [-0.25, -0.2) is 4.79 Å². The molecule has 18 heavy (non-hydrogen) atoms. The van der Waals surface area contributed by atoms with E-state index < -0.39 is 18.0 Å².